The van der Waals surface area contributed by atoms with E-state index in [1.54, 1.807) is 11.4 Å². The molecule has 6 heteroatoms. The number of benzene rings is 1. The normalized spacial score (nSPS) is 12.1. The maximum atomic E-state index is 12.6. The molecular weight excluding hydrogens is 261 g/mol. The van der Waals surface area contributed by atoms with Gasteiger partial charge in [-0.15, -0.1) is 11.3 Å². The highest BCUT2D eigenvalue weighted by Crippen LogP contribution is 2.18. The fourth-order valence-electron chi connectivity index (χ4n) is 1.14. The van der Waals surface area contributed by atoms with Gasteiger partial charge in [-0.2, -0.15) is 12.8 Å². The molecule has 0 saturated carbocycles. The fourth-order valence-corrected chi connectivity index (χ4v) is 2.99. The third kappa shape index (κ3) is 2.98. The van der Waals surface area contributed by atoms with Gasteiger partial charge in [0.25, 0.3) is 10.0 Å². The van der Waals surface area contributed by atoms with E-state index in [0.717, 1.165) is 11.3 Å². The van der Waals surface area contributed by atoms with E-state index in [1.807, 2.05) is 0 Å². The van der Waals surface area contributed by atoms with Gasteiger partial charge in [0.2, 0.25) is 0 Å². The van der Waals surface area contributed by atoms with Gasteiger partial charge < -0.3 is 0 Å². The maximum absolute atomic E-state index is 12.6. The summed E-state index contributed by atoms with van der Waals surface area (Å²) in [6.45, 7) is 0. The Morgan fingerprint density at radius 2 is 1.88 bits per heavy atom. The minimum absolute atomic E-state index is 0.191. The van der Waals surface area contributed by atoms with E-state index in [0.29, 0.717) is 5.56 Å². The molecule has 88 valence electrons. The molecule has 0 aliphatic heterocycles. The number of rotatable bonds is 3. The molecule has 3 nitrogen and oxygen atoms in total. The molecule has 17 heavy (non-hydrogen) atoms. The maximum Gasteiger partial charge on any atom is 0.291 e. The SMILES string of the molecule is O=S(=O)(/N=C\c1ccc(F)cc1)c1cccs1. The molecule has 0 spiro atoms. The van der Waals surface area contributed by atoms with E-state index >= 15 is 0 Å². The molecule has 0 unspecified atom stereocenters. The van der Waals surface area contributed by atoms with Gasteiger partial charge >= 0.3 is 0 Å². The summed E-state index contributed by atoms with van der Waals surface area (Å²) in [7, 11) is -3.63. The van der Waals surface area contributed by atoms with Crippen LogP contribution in [0.25, 0.3) is 0 Å². The summed E-state index contributed by atoms with van der Waals surface area (Å²) < 4.78 is 39.7. The lowest BCUT2D eigenvalue weighted by molar-refractivity contribution is 0.600. The number of hydrogen-bond donors (Lipinski definition) is 0. The summed E-state index contributed by atoms with van der Waals surface area (Å²) in [5, 5.41) is 1.67. The third-order valence-electron chi connectivity index (χ3n) is 1.96. The van der Waals surface area contributed by atoms with Gasteiger partial charge in [-0.25, -0.2) is 4.39 Å². The van der Waals surface area contributed by atoms with Crippen LogP contribution in [0.15, 0.2) is 50.4 Å². The van der Waals surface area contributed by atoms with Crippen molar-refractivity contribution in [3.05, 3.63) is 53.2 Å². The van der Waals surface area contributed by atoms with Crippen LogP contribution in [0.5, 0.6) is 0 Å². The predicted octanol–water partition coefficient (Wildman–Crippen LogP) is 2.70. The molecule has 1 aromatic carbocycles. The Kier molecular flexibility index (Phi) is 3.35. The molecule has 0 N–H and O–H groups in total. The Hall–Kier alpha value is -1.53. The van der Waals surface area contributed by atoms with Crippen LogP contribution in [0.4, 0.5) is 4.39 Å². The Labute approximate surface area is 102 Å². The summed E-state index contributed by atoms with van der Waals surface area (Å²) in [5.74, 6) is -0.372. The van der Waals surface area contributed by atoms with Crippen molar-refractivity contribution in [2.24, 2.45) is 4.40 Å². The van der Waals surface area contributed by atoms with E-state index in [4.69, 9.17) is 0 Å². The van der Waals surface area contributed by atoms with Crippen molar-refractivity contribution in [3.63, 3.8) is 0 Å². The largest absolute Gasteiger partial charge is 0.291 e. The minimum Gasteiger partial charge on any atom is -0.207 e. The average Bonchev–Trinajstić information content (AvgIpc) is 2.82. The van der Waals surface area contributed by atoms with Crippen LogP contribution in [0.1, 0.15) is 5.56 Å². The standard InChI is InChI=1S/C11H8FNO2S2/c12-10-5-3-9(4-6-10)8-13-17(14,15)11-2-1-7-16-11/h1-8H/b13-8-. The van der Waals surface area contributed by atoms with Gasteiger partial charge in [0, 0.05) is 6.21 Å². The third-order valence-corrected chi connectivity index (χ3v) is 4.57. The second kappa shape index (κ2) is 4.77. The number of thiophene rings is 1. The fraction of sp³-hybridized carbons (Fsp3) is 0. The zero-order valence-corrected chi connectivity index (χ0v) is 10.2. The lowest BCUT2D eigenvalue weighted by Crippen LogP contribution is -1.94. The average molecular weight is 269 g/mol. The number of hydrogen-bond acceptors (Lipinski definition) is 3. The van der Waals surface area contributed by atoms with Crippen LogP contribution in [0.3, 0.4) is 0 Å². The zero-order valence-electron chi connectivity index (χ0n) is 8.58. The first-order valence-electron chi connectivity index (χ1n) is 4.67. The van der Waals surface area contributed by atoms with Crippen molar-refractivity contribution in [2.75, 3.05) is 0 Å². The highest BCUT2D eigenvalue weighted by Gasteiger charge is 2.11. The van der Waals surface area contributed by atoms with Crippen LogP contribution in [0.2, 0.25) is 0 Å². The van der Waals surface area contributed by atoms with Crippen molar-refractivity contribution in [2.45, 2.75) is 4.21 Å². The van der Waals surface area contributed by atoms with Crippen LogP contribution in [-0.4, -0.2) is 14.6 Å². The van der Waals surface area contributed by atoms with Crippen LogP contribution in [-0.2, 0) is 10.0 Å². The van der Waals surface area contributed by atoms with Crippen molar-refractivity contribution < 1.29 is 12.8 Å². The van der Waals surface area contributed by atoms with Crippen molar-refractivity contribution in [1.82, 2.24) is 0 Å². The van der Waals surface area contributed by atoms with Gasteiger partial charge in [-0.1, -0.05) is 18.2 Å². The molecule has 0 atom stereocenters. The molecule has 2 rings (SSSR count). The first-order chi connectivity index (χ1) is 8.08. The molecule has 0 amide bonds. The van der Waals surface area contributed by atoms with E-state index < -0.39 is 10.0 Å². The zero-order chi connectivity index (χ0) is 12.3. The van der Waals surface area contributed by atoms with E-state index in [1.165, 1.54) is 36.5 Å². The minimum atomic E-state index is -3.63. The molecule has 1 heterocycles. The number of sulfonamides is 1. The molecule has 0 aliphatic carbocycles. The highest BCUT2D eigenvalue weighted by atomic mass is 32.2. The Balaban J connectivity index is 2.24. The second-order valence-electron chi connectivity index (χ2n) is 3.19. The molecule has 0 fully saturated rings. The summed E-state index contributed by atoms with van der Waals surface area (Å²) in [6.07, 6.45) is 1.20. The molecule has 0 radical (unpaired) electrons. The van der Waals surface area contributed by atoms with Crippen LogP contribution in [0, 0.1) is 5.82 Å². The molecule has 1 aromatic heterocycles. The first kappa shape index (κ1) is 11.9. The van der Waals surface area contributed by atoms with E-state index in [-0.39, 0.29) is 10.0 Å². The van der Waals surface area contributed by atoms with Gasteiger partial charge in [0.15, 0.2) is 0 Å². The summed E-state index contributed by atoms with van der Waals surface area (Å²) >= 11 is 1.11. The highest BCUT2D eigenvalue weighted by molar-refractivity contribution is 7.92. The van der Waals surface area contributed by atoms with Gasteiger partial charge in [-0.05, 0) is 29.1 Å². The molecule has 0 bridgehead atoms. The van der Waals surface area contributed by atoms with Crippen LogP contribution < -0.4 is 0 Å². The Morgan fingerprint density at radius 1 is 1.18 bits per heavy atom. The van der Waals surface area contributed by atoms with Crippen molar-refractivity contribution in [1.29, 1.82) is 0 Å². The van der Waals surface area contributed by atoms with E-state index in [9.17, 15) is 12.8 Å². The van der Waals surface area contributed by atoms with E-state index in [2.05, 4.69) is 4.40 Å². The van der Waals surface area contributed by atoms with Crippen molar-refractivity contribution in [3.8, 4) is 0 Å². The number of halogens is 1. The Morgan fingerprint density at radius 3 is 2.47 bits per heavy atom. The Bertz CT molecular complexity index is 616. The smallest absolute Gasteiger partial charge is 0.207 e. The van der Waals surface area contributed by atoms with Crippen LogP contribution >= 0.6 is 11.3 Å². The lowest BCUT2D eigenvalue weighted by Gasteiger charge is -1.94. The topological polar surface area (TPSA) is 46.5 Å². The summed E-state index contributed by atoms with van der Waals surface area (Å²) in [4.78, 5) is 0. The quantitative estimate of drug-likeness (QED) is 0.804. The molecule has 0 saturated heterocycles. The summed E-state index contributed by atoms with van der Waals surface area (Å²) in [5.41, 5.74) is 0.534. The molecular formula is C11H8FNO2S2. The molecule has 2 aromatic rings. The first-order valence-corrected chi connectivity index (χ1v) is 6.99. The van der Waals surface area contributed by atoms with Gasteiger partial charge in [0.05, 0.1) is 0 Å². The molecule has 0 aliphatic rings. The van der Waals surface area contributed by atoms with Gasteiger partial charge in [-0.3, -0.25) is 0 Å². The summed E-state index contributed by atoms with van der Waals surface area (Å²) in [6, 6.07) is 8.55. The number of nitrogens with zero attached hydrogens (tertiary/aromatic N) is 1. The van der Waals surface area contributed by atoms with Crippen molar-refractivity contribution >= 4 is 27.6 Å². The second-order valence-corrected chi connectivity index (χ2v) is 6.00. The monoisotopic (exact) mass is 269 g/mol. The predicted molar refractivity (Wildman–Crippen MR) is 65.5 cm³/mol. The van der Waals surface area contributed by atoms with Gasteiger partial charge in [0.1, 0.15) is 10.0 Å². The lowest BCUT2D eigenvalue weighted by atomic mass is 10.2.